The molecule has 0 aromatic heterocycles. The van der Waals surface area contributed by atoms with Gasteiger partial charge in [-0.1, -0.05) is 36.4 Å². The lowest BCUT2D eigenvalue weighted by Crippen LogP contribution is -2.39. The number of amides is 1. The fraction of sp³-hybridized carbons (Fsp3) is 0.526. The van der Waals surface area contributed by atoms with Gasteiger partial charge in [0.05, 0.1) is 11.5 Å². The van der Waals surface area contributed by atoms with Crippen LogP contribution in [0.3, 0.4) is 0 Å². The van der Waals surface area contributed by atoms with Crippen LogP contribution in [0.4, 0.5) is 0 Å². The highest BCUT2D eigenvalue weighted by Gasteiger charge is 2.30. The molecule has 1 amide bonds. The number of rotatable bonds is 5. The van der Waals surface area contributed by atoms with Crippen molar-refractivity contribution in [2.24, 2.45) is 0 Å². The average molecular weight is 362 g/mol. The first kappa shape index (κ1) is 18.1. The highest BCUT2D eigenvalue weighted by atomic mass is 32.2. The minimum absolute atomic E-state index is 0.0590. The lowest BCUT2D eigenvalue weighted by atomic mass is 9.99. The van der Waals surface area contributed by atoms with Gasteiger partial charge in [-0.2, -0.15) is 0 Å². The smallest absolute Gasteiger partial charge is 0.224 e. The molecule has 0 aliphatic carbocycles. The van der Waals surface area contributed by atoms with Crippen molar-refractivity contribution in [3.8, 4) is 0 Å². The Morgan fingerprint density at radius 2 is 2.04 bits per heavy atom. The van der Waals surface area contributed by atoms with Crippen molar-refractivity contribution in [3.05, 3.63) is 42.0 Å². The third kappa shape index (κ3) is 4.70. The summed E-state index contributed by atoms with van der Waals surface area (Å²) in [4.78, 5) is 16.4. The van der Waals surface area contributed by atoms with Crippen LogP contribution in [0.25, 0.3) is 5.57 Å². The highest BCUT2D eigenvalue weighted by Crippen LogP contribution is 2.22. The molecule has 0 radical (unpaired) electrons. The van der Waals surface area contributed by atoms with E-state index < -0.39 is 9.84 Å². The number of sulfone groups is 1. The quantitative estimate of drug-likeness (QED) is 0.802. The largest absolute Gasteiger partial charge is 0.339 e. The lowest BCUT2D eigenvalue weighted by Gasteiger charge is -2.28. The van der Waals surface area contributed by atoms with Gasteiger partial charge in [0.2, 0.25) is 5.91 Å². The predicted molar refractivity (Wildman–Crippen MR) is 99.9 cm³/mol. The molecule has 0 bridgehead atoms. The second-order valence-electron chi connectivity index (χ2n) is 6.97. The predicted octanol–water partition coefficient (Wildman–Crippen LogP) is 1.81. The van der Waals surface area contributed by atoms with Gasteiger partial charge in [-0.15, -0.1) is 0 Å². The number of hydrogen-bond donors (Lipinski definition) is 0. The van der Waals surface area contributed by atoms with Crippen LogP contribution in [-0.2, 0) is 14.6 Å². The van der Waals surface area contributed by atoms with Crippen molar-refractivity contribution < 1.29 is 13.2 Å². The minimum Gasteiger partial charge on any atom is -0.339 e. The molecule has 1 fully saturated rings. The normalized spacial score (nSPS) is 22.9. The van der Waals surface area contributed by atoms with Gasteiger partial charge in [0.15, 0.2) is 9.84 Å². The molecular weight excluding hydrogens is 336 g/mol. The molecular formula is C19H26N2O3S. The fourth-order valence-electron chi connectivity index (χ4n) is 3.55. The average Bonchev–Trinajstić information content (AvgIpc) is 3.00. The maximum absolute atomic E-state index is 12.4. The first-order chi connectivity index (χ1) is 11.9. The van der Waals surface area contributed by atoms with Gasteiger partial charge in [-0.3, -0.25) is 4.79 Å². The Labute approximate surface area is 150 Å². The molecule has 2 aliphatic heterocycles. The summed E-state index contributed by atoms with van der Waals surface area (Å²) in [6.07, 6.45) is 4.15. The van der Waals surface area contributed by atoms with Crippen LogP contribution in [0.15, 0.2) is 36.4 Å². The zero-order chi connectivity index (χ0) is 17.9. The van der Waals surface area contributed by atoms with Gasteiger partial charge in [0.25, 0.3) is 0 Å². The molecule has 1 aromatic rings. The zero-order valence-corrected chi connectivity index (χ0v) is 15.5. The third-order valence-electron chi connectivity index (χ3n) is 5.22. The van der Waals surface area contributed by atoms with Gasteiger partial charge < -0.3 is 9.80 Å². The van der Waals surface area contributed by atoms with E-state index in [2.05, 4.69) is 18.2 Å². The number of carbonyl (C=O) groups is 1. The SMILES string of the molecule is CN(CCC(=O)N1CC=C(c2ccccc2)CC1)C1CCS(=O)(=O)C1. The molecule has 1 aromatic carbocycles. The van der Waals surface area contributed by atoms with Crippen molar-refractivity contribution in [1.82, 2.24) is 9.80 Å². The summed E-state index contributed by atoms with van der Waals surface area (Å²) < 4.78 is 23.1. The van der Waals surface area contributed by atoms with Crippen LogP contribution < -0.4 is 0 Å². The summed E-state index contributed by atoms with van der Waals surface area (Å²) >= 11 is 0. The Balaban J connectivity index is 1.47. The second kappa shape index (κ2) is 7.70. The van der Waals surface area contributed by atoms with Crippen molar-refractivity contribution in [2.45, 2.75) is 25.3 Å². The van der Waals surface area contributed by atoms with Crippen LogP contribution in [0, 0.1) is 0 Å². The van der Waals surface area contributed by atoms with E-state index in [4.69, 9.17) is 0 Å². The monoisotopic (exact) mass is 362 g/mol. The van der Waals surface area contributed by atoms with Gasteiger partial charge in [-0.05, 0) is 31.0 Å². The maximum atomic E-state index is 12.4. The van der Waals surface area contributed by atoms with E-state index in [1.807, 2.05) is 35.0 Å². The molecule has 0 N–H and O–H groups in total. The van der Waals surface area contributed by atoms with E-state index in [0.29, 0.717) is 25.9 Å². The van der Waals surface area contributed by atoms with E-state index in [-0.39, 0.29) is 23.5 Å². The van der Waals surface area contributed by atoms with Gasteiger partial charge >= 0.3 is 0 Å². The van der Waals surface area contributed by atoms with Gasteiger partial charge in [-0.25, -0.2) is 8.42 Å². The summed E-state index contributed by atoms with van der Waals surface area (Å²) in [5, 5.41) is 0. The van der Waals surface area contributed by atoms with Crippen molar-refractivity contribution >= 4 is 21.3 Å². The van der Waals surface area contributed by atoms with Crippen LogP contribution in [-0.4, -0.2) is 68.4 Å². The molecule has 25 heavy (non-hydrogen) atoms. The van der Waals surface area contributed by atoms with Crippen LogP contribution in [0.1, 0.15) is 24.8 Å². The Bertz CT molecular complexity index is 743. The Kier molecular flexibility index (Phi) is 5.59. The van der Waals surface area contributed by atoms with E-state index >= 15 is 0 Å². The highest BCUT2D eigenvalue weighted by molar-refractivity contribution is 7.91. The van der Waals surface area contributed by atoms with Gasteiger partial charge in [0.1, 0.15) is 0 Å². The van der Waals surface area contributed by atoms with Crippen LogP contribution in [0.2, 0.25) is 0 Å². The van der Waals surface area contributed by atoms with Crippen LogP contribution >= 0.6 is 0 Å². The van der Waals surface area contributed by atoms with E-state index in [0.717, 1.165) is 13.0 Å². The summed E-state index contributed by atoms with van der Waals surface area (Å²) in [5.41, 5.74) is 2.54. The summed E-state index contributed by atoms with van der Waals surface area (Å²) in [6.45, 7) is 2.02. The van der Waals surface area contributed by atoms with Crippen molar-refractivity contribution in [3.63, 3.8) is 0 Å². The number of hydrogen-bond acceptors (Lipinski definition) is 4. The second-order valence-corrected chi connectivity index (χ2v) is 9.20. The third-order valence-corrected chi connectivity index (χ3v) is 6.97. The van der Waals surface area contributed by atoms with E-state index in [1.165, 1.54) is 11.1 Å². The maximum Gasteiger partial charge on any atom is 0.224 e. The van der Waals surface area contributed by atoms with E-state index in [1.54, 1.807) is 0 Å². The molecule has 3 rings (SSSR count). The Morgan fingerprint density at radius 1 is 1.28 bits per heavy atom. The standard InChI is InChI=1S/C19H26N2O3S/c1-20(18-10-14-25(23,24)15-18)11-9-19(22)21-12-7-17(8-13-21)16-5-3-2-4-6-16/h2-7,18H,8-15H2,1H3. The molecule has 6 heteroatoms. The lowest BCUT2D eigenvalue weighted by molar-refractivity contribution is -0.131. The summed E-state index contributed by atoms with van der Waals surface area (Å²) in [5.74, 6) is 0.649. The molecule has 0 spiro atoms. The van der Waals surface area contributed by atoms with Gasteiger partial charge in [0, 0.05) is 32.1 Å². The Morgan fingerprint density at radius 3 is 2.64 bits per heavy atom. The molecule has 1 saturated heterocycles. The fourth-order valence-corrected chi connectivity index (χ4v) is 5.35. The molecule has 5 nitrogen and oxygen atoms in total. The van der Waals surface area contributed by atoms with Crippen LogP contribution in [0.5, 0.6) is 0 Å². The molecule has 1 unspecified atom stereocenters. The Hall–Kier alpha value is -1.66. The first-order valence-electron chi connectivity index (χ1n) is 8.87. The summed E-state index contributed by atoms with van der Waals surface area (Å²) in [7, 11) is -0.958. The molecule has 2 heterocycles. The first-order valence-corrected chi connectivity index (χ1v) is 10.7. The minimum atomic E-state index is -2.88. The molecule has 136 valence electrons. The zero-order valence-electron chi connectivity index (χ0n) is 14.7. The number of nitrogens with zero attached hydrogens (tertiary/aromatic N) is 2. The molecule has 2 aliphatic rings. The molecule has 0 saturated carbocycles. The number of benzene rings is 1. The topological polar surface area (TPSA) is 57.7 Å². The number of carbonyl (C=O) groups excluding carboxylic acids is 1. The van der Waals surface area contributed by atoms with Crippen molar-refractivity contribution in [1.29, 1.82) is 0 Å². The van der Waals surface area contributed by atoms with Crippen molar-refractivity contribution in [2.75, 3.05) is 38.2 Å². The van der Waals surface area contributed by atoms with E-state index in [9.17, 15) is 13.2 Å². The summed E-state index contributed by atoms with van der Waals surface area (Å²) in [6, 6.07) is 10.3. The molecule has 1 atom stereocenters.